The normalized spacial score (nSPS) is 15.6. The number of hydrogen-bond acceptors (Lipinski definition) is 3. The van der Waals surface area contributed by atoms with Crippen molar-refractivity contribution in [1.29, 1.82) is 0 Å². The van der Waals surface area contributed by atoms with Gasteiger partial charge in [-0.15, -0.1) is 0 Å². The summed E-state index contributed by atoms with van der Waals surface area (Å²) >= 11 is 0. The Morgan fingerprint density at radius 3 is 2.59 bits per heavy atom. The number of unbranched alkanes of at least 4 members (excludes halogenated alkanes) is 1. The van der Waals surface area contributed by atoms with Crippen LogP contribution in [0, 0.1) is 6.92 Å². The molecule has 5 nitrogen and oxygen atoms in total. The maximum Gasteiger partial charge on any atom is 0.254 e. The number of anilines is 1. The molecule has 0 radical (unpaired) electrons. The topological polar surface area (TPSA) is 58.6 Å². The van der Waals surface area contributed by atoms with Gasteiger partial charge in [-0.1, -0.05) is 43.7 Å². The van der Waals surface area contributed by atoms with Gasteiger partial charge in [0.05, 0.1) is 18.8 Å². The van der Waals surface area contributed by atoms with E-state index in [0.29, 0.717) is 13.2 Å². The monoisotopic (exact) mass is 366 g/mol. The molecule has 0 unspecified atom stereocenters. The lowest BCUT2D eigenvalue weighted by Crippen LogP contribution is -2.36. The fourth-order valence-electron chi connectivity index (χ4n) is 3.39. The number of fused-ring (bicyclic) bond motifs is 1. The molecule has 0 spiro atoms. The first-order chi connectivity index (χ1) is 13.0. The largest absolute Gasteiger partial charge is 0.494 e. The van der Waals surface area contributed by atoms with Gasteiger partial charge in [-0.3, -0.25) is 9.59 Å². The van der Waals surface area contributed by atoms with Crippen LogP contribution >= 0.6 is 0 Å². The van der Waals surface area contributed by atoms with E-state index in [4.69, 9.17) is 4.74 Å². The number of hydrogen-bond donors (Lipinski definition) is 1. The van der Waals surface area contributed by atoms with Gasteiger partial charge in [0.1, 0.15) is 11.8 Å². The molecule has 27 heavy (non-hydrogen) atoms. The summed E-state index contributed by atoms with van der Waals surface area (Å²) in [5.41, 5.74) is 3.79. The van der Waals surface area contributed by atoms with Crippen molar-refractivity contribution in [3.8, 4) is 5.75 Å². The van der Waals surface area contributed by atoms with Crippen LogP contribution in [0.1, 0.15) is 49.4 Å². The molecule has 2 aromatic carbocycles. The Hall–Kier alpha value is -2.82. The van der Waals surface area contributed by atoms with Crippen molar-refractivity contribution in [2.45, 2.75) is 46.2 Å². The molecule has 3 rings (SSSR count). The fourth-order valence-corrected chi connectivity index (χ4v) is 3.39. The highest BCUT2D eigenvalue weighted by atomic mass is 16.5. The van der Waals surface area contributed by atoms with E-state index >= 15 is 0 Å². The summed E-state index contributed by atoms with van der Waals surface area (Å²) in [4.78, 5) is 26.3. The zero-order valence-corrected chi connectivity index (χ0v) is 16.1. The van der Waals surface area contributed by atoms with Crippen LogP contribution in [0.2, 0.25) is 0 Å². The molecule has 1 N–H and O–H groups in total. The smallest absolute Gasteiger partial charge is 0.254 e. The van der Waals surface area contributed by atoms with Gasteiger partial charge in [0.15, 0.2) is 0 Å². The molecule has 2 amide bonds. The molecule has 2 aromatic rings. The Labute approximate surface area is 160 Å². The Balaban J connectivity index is 1.80. The number of amides is 2. The van der Waals surface area contributed by atoms with Crippen LogP contribution in [0.4, 0.5) is 5.69 Å². The van der Waals surface area contributed by atoms with Gasteiger partial charge in [0, 0.05) is 12.5 Å². The van der Waals surface area contributed by atoms with E-state index in [0.717, 1.165) is 41.0 Å². The molecule has 5 heteroatoms. The summed E-state index contributed by atoms with van der Waals surface area (Å²) in [6, 6.07) is 13.0. The third kappa shape index (κ3) is 4.13. The second-order valence-electron chi connectivity index (χ2n) is 6.92. The van der Waals surface area contributed by atoms with E-state index in [9.17, 15) is 9.59 Å². The minimum absolute atomic E-state index is 0.0993. The van der Waals surface area contributed by atoms with Gasteiger partial charge in [-0.25, -0.2) is 0 Å². The van der Waals surface area contributed by atoms with Crippen molar-refractivity contribution >= 4 is 17.5 Å². The van der Waals surface area contributed by atoms with Crippen molar-refractivity contribution in [3.63, 3.8) is 0 Å². The average Bonchev–Trinajstić information content (AvgIpc) is 2.90. The molecule has 1 aliphatic rings. The molecule has 1 aliphatic heterocycles. The van der Waals surface area contributed by atoms with Crippen LogP contribution < -0.4 is 15.0 Å². The van der Waals surface area contributed by atoms with Crippen molar-refractivity contribution < 1.29 is 14.3 Å². The quantitative estimate of drug-likeness (QED) is 0.756. The van der Waals surface area contributed by atoms with Crippen molar-refractivity contribution in [2.24, 2.45) is 0 Å². The Kier molecular flexibility index (Phi) is 5.79. The molecule has 0 aliphatic carbocycles. The van der Waals surface area contributed by atoms with E-state index in [2.05, 4.69) is 12.2 Å². The summed E-state index contributed by atoms with van der Waals surface area (Å²) in [5, 5.41) is 2.78. The molecule has 0 bridgehead atoms. The maximum absolute atomic E-state index is 13.0. The van der Waals surface area contributed by atoms with Crippen molar-refractivity contribution in [1.82, 2.24) is 5.32 Å². The lowest BCUT2D eigenvalue weighted by Gasteiger charge is -2.20. The zero-order valence-electron chi connectivity index (χ0n) is 16.1. The summed E-state index contributed by atoms with van der Waals surface area (Å²) in [7, 11) is 0. The molecule has 142 valence electrons. The summed E-state index contributed by atoms with van der Waals surface area (Å²) in [6.07, 6.45) is 2.13. The van der Waals surface area contributed by atoms with Crippen LogP contribution in [-0.4, -0.2) is 18.4 Å². The molecule has 0 saturated carbocycles. The molecule has 0 saturated heterocycles. The number of carbonyl (C=O) groups is 2. The van der Waals surface area contributed by atoms with Crippen LogP contribution in [-0.2, 0) is 16.1 Å². The van der Waals surface area contributed by atoms with Gasteiger partial charge in [0.25, 0.3) is 5.91 Å². The fraction of sp³-hybridized carbons (Fsp3) is 0.364. The first-order valence-electron chi connectivity index (χ1n) is 9.41. The summed E-state index contributed by atoms with van der Waals surface area (Å²) in [5.74, 6) is 0.529. The Morgan fingerprint density at radius 1 is 1.19 bits per heavy atom. The first kappa shape index (κ1) is 19.0. The molecular formula is C22H26N2O3. The summed E-state index contributed by atoms with van der Waals surface area (Å²) in [6.45, 7) is 6.73. The number of nitrogens with zero attached hydrogens (tertiary/aromatic N) is 1. The van der Waals surface area contributed by atoms with Gasteiger partial charge in [-0.05, 0) is 36.6 Å². The highest BCUT2D eigenvalue weighted by Crippen LogP contribution is 2.39. The lowest BCUT2D eigenvalue weighted by molar-refractivity contribution is -0.126. The SMILES string of the molecule is CCCCOc1ccc(CN2C(=O)[C@H](NC(C)=O)c3cccc(C)c32)cc1. The van der Waals surface area contributed by atoms with Crippen molar-refractivity contribution in [2.75, 3.05) is 11.5 Å². The predicted molar refractivity (Wildman–Crippen MR) is 106 cm³/mol. The van der Waals surface area contributed by atoms with E-state index in [1.165, 1.54) is 6.92 Å². The van der Waals surface area contributed by atoms with E-state index in [-0.39, 0.29) is 11.8 Å². The lowest BCUT2D eigenvalue weighted by atomic mass is 10.1. The summed E-state index contributed by atoms with van der Waals surface area (Å²) < 4.78 is 5.70. The number of nitrogens with one attached hydrogen (secondary N) is 1. The highest BCUT2D eigenvalue weighted by molar-refractivity contribution is 6.06. The van der Waals surface area contributed by atoms with Crippen LogP contribution in [0.25, 0.3) is 0 Å². The molecular weight excluding hydrogens is 340 g/mol. The highest BCUT2D eigenvalue weighted by Gasteiger charge is 2.38. The van der Waals surface area contributed by atoms with Gasteiger partial charge >= 0.3 is 0 Å². The van der Waals surface area contributed by atoms with Crippen LogP contribution in [0.5, 0.6) is 5.75 Å². The molecule has 0 aromatic heterocycles. The number of rotatable bonds is 7. The number of aryl methyl sites for hydroxylation is 1. The number of para-hydroxylation sites is 1. The Bertz CT molecular complexity index is 830. The third-order valence-electron chi connectivity index (χ3n) is 4.74. The first-order valence-corrected chi connectivity index (χ1v) is 9.41. The number of ether oxygens (including phenoxy) is 1. The van der Waals surface area contributed by atoms with E-state index in [1.54, 1.807) is 4.90 Å². The van der Waals surface area contributed by atoms with Crippen molar-refractivity contribution in [3.05, 3.63) is 59.2 Å². The van der Waals surface area contributed by atoms with E-state index in [1.807, 2.05) is 49.4 Å². The van der Waals surface area contributed by atoms with Gasteiger partial charge in [-0.2, -0.15) is 0 Å². The van der Waals surface area contributed by atoms with Gasteiger partial charge in [0.2, 0.25) is 5.91 Å². The Morgan fingerprint density at radius 2 is 1.93 bits per heavy atom. The standard InChI is InChI=1S/C22H26N2O3/c1-4-5-13-27-18-11-9-17(10-12-18)14-24-21-15(2)7-6-8-19(21)20(22(24)26)23-16(3)25/h6-12,20H,4-5,13-14H2,1-3H3,(H,23,25)/t20-/m1/s1. The second kappa shape index (κ2) is 8.25. The maximum atomic E-state index is 13.0. The van der Waals surface area contributed by atoms with Gasteiger partial charge < -0.3 is 15.0 Å². The van der Waals surface area contributed by atoms with Crippen LogP contribution in [0.15, 0.2) is 42.5 Å². The molecule has 1 atom stereocenters. The number of benzene rings is 2. The van der Waals surface area contributed by atoms with Crippen LogP contribution in [0.3, 0.4) is 0 Å². The van der Waals surface area contributed by atoms with E-state index < -0.39 is 6.04 Å². The second-order valence-corrected chi connectivity index (χ2v) is 6.92. The molecule has 0 fully saturated rings. The third-order valence-corrected chi connectivity index (χ3v) is 4.74. The number of carbonyl (C=O) groups excluding carboxylic acids is 2. The molecule has 1 heterocycles. The minimum atomic E-state index is -0.617. The zero-order chi connectivity index (χ0) is 19.4. The minimum Gasteiger partial charge on any atom is -0.494 e. The average molecular weight is 366 g/mol. The predicted octanol–water partition coefficient (Wildman–Crippen LogP) is 3.90.